The molecule has 0 amide bonds. The highest BCUT2D eigenvalue weighted by Crippen LogP contribution is 2.27. The van der Waals surface area contributed by atoms with Gasteiger partial charge in [-0.15, -0.1) is 0 Å². The van der Waals surface area contributed by atoms with Gasteiger partial charge in [-0.25, -0.2) is 0 Å². The summed E-state index contributed by atoms with van der Waals surface area (Å²) in [5.74, 6) is 1.51. The quantitative estimate of drug-likeness (QED) is 0.724. The second-order valence-electron chi connectivity index (χ2n) is 6.83. The molecule has 2 N–H and O–H groups in total. The third-order valence-electron chi connectivity index (χ3n) is 4.08. The SMILES string of the molecule is COC(C(C)C)N(c1nc(N)nc(-c2ccccc2)n1)C(OC)C(C)C. The van der Waals surface area contributed by atoms with Gasteiger partial charge in [-0.2, -0.15) is 15.0 Å². The first-order chi connectivity index (χ1) is 12.4. The van der Waals surface area contributed by atoms with Gasteiger partial charge >= 0.3 is 0 Å². The Labute approximate surface area is 155 Å². The first-order valence-corrected chi connectivity index (χ1v) is 8.79. The van der Waals surface area contributed by atoms with Gasteiger partial charge in [-0.05, 0) is 11.8 Å². The van der Waals surface area contributed by atoms with Crippen LogP contribution in [0.3, 0.4) is 0 Å². The van der Waals surface area contributed by atoms with Crippen LogP contribution in [0.4, 0.5) is 11.9 Å². The summed E-state index contributed by atoms with van der Waals surface area (Å²) in [7, 11) is 3.35. The normalized spacial score (nSPS) is 13.8. The number of rotatable bonds is 8. The highest BCUT2D eigenvalue weighted by Gasteiger charge is 2.33. The Balaban J connectivity index is 2.58. The minimum Gasteiger partial charge on any atom is -0.368 e. The molecular weight excluding hydrogens is 330 g/mol. The summed E-state index contributed by atoms with van der Waals surface area (Å²) in [5, 5.41) is 0. The van der Waals surface area contributed by atoms with Crippen molar-refractivity contribution in [3.05, 3.63) is 30.3 Å². The molecule has 1 aromatic heterocycles. The molecule has 2 atom stereocenters. The molecule has 0 aliphatic rings. The Kier molecular flexibility index (Phi) is 6.88. The van der Waals surface area contributed by atoms with Crippen LogP contribution in [0.2, 0.25) is 0 Å². The third-order valence-corrected chi connectivity index (χ3v) is 4.08. The number of aromatic nitrogens is 3. The maximum absolute atomic E-state index is 6.00. The number of nitrogen functional groups attached to an aromatic ring is 1. The van der Waals surface area contributed by atoms with Crippen LogP contribution in [-0.2, 0) is 9.47 Å². The van der Waals surface area contributed by atoms with Crippen molar-refractivity contribution >= 4 is 11.9 Å². The summed E-state index contributed by atoms with van der Waals surface area (Å²) < 4.78 is 11.5. The fourth-order valence-corrected chi connectivity index (χ4v) is 3.00. The molecule has 0 aliphatic carbocycles. The van der Waals surface area contributed by atoms with Crippen molar-refractivity contribution in [3.8, 4) is 11.4 Å². The van der Waals surface area contributed by atoms with Crippen LogP contribution in [0.25, 0.3) is 11.4 Å². The molecule has 2 aromatic rings. The van der Waals surface area contributed by atoms with Crippen LogP contribution in [0.15, 0.2) is 30.3 Å². The van der Waals surface area contributed by atoms with E-state index in [9.17, 15) is 0 Å². The van der Waals surface area contributed by atoms with E-state index in [2.05, 4.69) is 42.6 Å². The minimum atomic E-state index is -0.271. The Morgan fingerprint density at radius 1 is 0.846 bits per heavy atom. The molecule has 2 rings (SSSR count). The average Bonchev–Trinajstić information content (AvgIpc) is 2.61. The van der Waals surface area contributed by atoms with Crippen LogP contribution >= 0.6 is 0 Å². The van der Waals surface area contributed by atoms with Gasteiger partial charge in [-0.1, -0.05) is 58.0 Å². The maximum atomic E-state index is 6.00. The summed E-state index contributed by atoms with van der Waals surface area (Å²) >= 11 is 0. The van der Waals surface area contributed by atoms with Crippen molar-refractivity contribution in [2.24, 2.45) is 11.8 Å². The predicted molar refractivity (Wildman–Crippen MR) is 103 cm³/mol. The van der Waals surface area contributed by atoms with E-state index in [1.807, 2.05) is 35.2 Å². The zero-order valence-corrected chi connectivity index (χ0v) is 16.4. The van der Waals surface area contributed by atoms with Crippen LogP contribution in [0.1, 0.15) is 27.7 Å². The lowest BCUT2D eigenvalue weighted by molar-refractivity contribution is -0.0138. The van der Waals surface area contributed by atoms with Crippen LogP contribution in [-0.4, -0.2) is 41.6 Å². The summed E-state index contributed by atoms with van der Waals surface area (Å²) in [6, 6.07) is 9.70. The Morgan fingerprint density at radius 3 is 1.85 bits per heavy atom. The van der Waals surface area contributed by atoms with E-state index < -0.39 is 0 Å². The second kappa shape index (κ2) is 8.91. The topological polar surface area (TPSA) is 86.4 Å². The van der Waals surface area contributed by atoms with E-state index in [-0.39, 0.29) is 30.2 Å². The number of methoxy groups -OCH3 is 2. The number of nitrogens with two attached hydrogens (primary N) is 1. The number of ether oxygens (including phenoxy) is 2. The molecule has 0 saturated carbocycles. The zero-order chi connectivity index (χ0) is 19.3. The van der Waals surface area contributed by atoms with Gasteiger partial charge in [0, 0.05) is 19.8 Å². The lowest BCUT2D eigenvalue weighted by atomic mass is 10.1. The third kappa shape index (κ3) is 4.47. The summed E-state index contributed by atoms with van der Waals surface area (Å²) in [4.78, 5) is 15.3. The molecule has 0 aliphatic heterocycles. The van der Waals surface area contributed by atoms with E-state index in [0.29, 0.717) is 11.8 Å². The van der Waals surface area contributed by atoms with E-state index in [0.717, 1.165) is 5.56 Å². The van der Waals surface area contributed by atoms with Crippen molar-refractivity contribution in [2.45, 2.75) is 40.2 Å². The molecule has 1 aromatic carbocycles. The Morgan fingerprint density at radius 2 is 1.38 bits per heavy atom. The fourth-order valence-electron chi connectivity index (χ4n) is 3.00. The molecule has 26 heavy (non-hydrogen) atoms. The molecule has 1 heterocycles. The lowest BCUT2D eigenvalue weighted by Gasteiger charge is -2.40. The maximum Gasteiger partial charge on any atom is 0.234 e. The summed E-state index contributed by atoms with van der Waals surface area (Å²) in [6.45, 7) is 8.32. The van der Waals surface area contributed by atoms with E-state index >= 15 is 0 Å². The van der Waals surface area contributed by atoms with Crippen LogP contribution < -0.4 is 10.6 Å². The highest BCUT2D eigenvalue weighted by molar-refractivity contribution is 5.57. The van der Waals surface area contributed by atoms with Gasteiger partial charge in [0.25, 0.3) is 0 Å². The Bertz CT molecular complexity index is 678. The van der Waals surface area contributed by atoms with Crippen LogP contribution in [0.5, 0.6) is 0 Å². The molecule has 7 nitrogen and oxygen atoms in total. The molecule has 2 unspecified atom stereocenters. The van der Waals surface area contributed by atoms with Crippen LogP contribution in [0, 0.1) is 11.8 Å². The van der Waals surface area contributed by atoms with E-state index in [1.54, 1.807) is 14.2 Å². The molecule has 0 spiro atoms. The summed E-state index contributed by atoms with van der Waals surface area (Å²) in [5.41, 5.74) is 6.87. The highest BCUT2D eigenvalue weighted by atomic mass is 16.5. The fraction of sp³-hybridized carbons (Fsp3) is 0.526. The molecule has 0 fully saturated rings. The van der Waals surface area contributed by atoms with Crippen molar-refractivity contribution in [3.63, 3.8) is 0 Å². The minimum absolute atomic E-state index is 0.163. The molecular formula is C19H29N5O2. The zero-order valence-electron chi connectivity index (χ0n) is 16.4. The van der Waals surface area contributed by atoms with Crippen molar-refractivity contribution in [1.29, 1.82) is 0 Å². The first kappa shape index (κ1) is 20.1. The number of benzene rings is 1. The van der Waals surface area contributed by atoms with Gasteiger partial charge in [0.05, 0.1) is 0 Å². The number of anilines is 2. The molecule has 0 saturated heterocycles. The standard InChI is InChI=1S/C19H29N5O2/c1-12(2)16(25-5)24(17(26-6)13(3)4)19-22-15(21-18(20)23-19)14-10-8-7-9-11-14/h7-13,16-17H,1-6H3,(H2,20,21,22,23). The molecule has 142 valence electrons. The molecule has 7 heteroatoms. The average molecular weight is 359 g/mol. The van der Waals surface area contributed by atoms with Gasteiger partial charge < -0.3 is 15.2 Å². The van der Waals surface area contributed by atoms with Gasteiger partial charge in [-0.3, -0.25) is 4.90 Å². The van der Waals surface area contributed by atoms with E-state index in [4.69, 9.17) is 15.2 Å². The Hall–Kier alpha value is -2.25. The predicted octanol–water partition coefficient (Wildman–Crippen LogP) is 3.18. The monoisotopic (exact) mass is 359 g/mol. The number of hydrogen-bond acceptors (Lipinski definition) is 7. The number of nitrogens with zero attached hydrogens (tertiary/aromatic N) is 4. The summed E-state index contributed by atoms with van der Waals surface area (Å²) in [6.07, 6.45) is -0.541. The lowest BCUT2D eigenvalue weighted by Crippen LogP contribution is -2.51. The van der Waals surface area contributed by atoms with Crippen molar-refractivity contribution < 1.29 is 9.47 Å². The van der Waals surface area contributed by atoms with E-state index in [1.165, 1.54) is 0 Å². The number of hydrogen-bond donors (Lipinski definition) is 1. The van der Waals surface area contributed by atoms with Gasteiger partial charge in [0.2, 0.25) is 11.9 Å². The second-order valence-corrected chi connectivity index (χ2v) is 6.83. The largest absolute Gasteiger partial charge is 0.368 e. The molecule has 0 bridgehead atoms. The first-order valence-electron chi connectivity index (χ1n) is 8.79. The van der Waals surface area contributed by atoms with Gasteiger partial charge in [0.1, 0.15) is 12.5 Å². The van der Waals surface area contributed by atoms with Crippen molar-refractivity contribution in [1.82, 2.24) is 15.0 Å². The van der Waals surface area contributed by atoms with Crippen molar-refractivity contribution in [2.75, 3.05) is 24.9 Å². The van der Waals surface area contributed by atoms with Gasteiger partial charge in [0.15, 0.2) is 5.82 Å². The smallest absolute Gasteiger partial charge is 0.234 e. The molecule has 0 radical (unpaired) electrons.